The number of aliphatic carboxylic acids is 1. The smallest absolute Gasteiger partial charge is 0.475 e. The molecule has 0 atom stereocenters. The van der Waals surface area contributed by atoms with E-state index in [0.717, 1.165) is 15.9 Å². The first kappa shape index (κ1) is 23.0. The van der Waals surface area contributed by atoms with Crippen LogP contribution >= 0.6 is 0 Å². The number of ether oxygens (including phenoxy) is 1. The Kier molecular flexibility index (Phi) is 7.40. The van der Waals surface area contributed by atoms with E-state index in [1.807, 2.05) is 24.3 Å². The molecular formula is C19H15F3N4O5. The molecule has 2 N–H and O–H groups in total. The Hall–Kier alpha value is -4.27. The van der Waals surface area contributed by atoms with Crippen molar-refractivity contribution < 1.29 is 32.2 Å². The average Bonchev–Trinajstić information content (AvgIpc) is 3.13. The minimum Gasteiger partial charge on any atom is -0.475 e. The first-order valence-corrected chi connectivity index (χ1v) is 8.41. The molecule has 0 aliphatic rings. The number of benzene rings is 2. The minimum absolute atomic E-state index is 0.0871. The van der Waals surface area contributed by atoms with E-state index < -0.39 is 17.9 Å². The molecule has 0 saturated carbocycles. The van der Waals surface area contributed by atoms with Gasteiger partial charge in [-0.1, -0.05) is 23.3 Å². The van der Waals surface area contributed by atoms with Gasteiger partial charge >= 0.3 is 24.0 Å². The van der Waals surface area contributed by atoms with Crippen LogP contribution in [0.15, 0.2) is 57.7 Å². The molecule has 3 rings (SSSR count). The van der Waals surface area contributed by atoms with Crippen LogP contribution in [0, 0.1) is 11.3 Å². The molecule has 0 aliphatic carbocycles. The molecule has 0 spiro atoms. The molecule has 3 aromatic rings. The van der Waals surface area contributed by atoms with Crippen LogP contribution in [0.25, 0.3) is 5.69 Å². The molecule has 12 heteroatoms. The van der Waals surface area contributed by atoms with Gasteiger partial charge in [0, 0.05) is 12.2 Å². The van der Waals surface area contributed by atoms with Crippen molar-refractivity contribution in [2.24, 2.45) is 0 Å². The quantitative estimate of drug-likeness (QED) is 0.624. The van der Waals surface area contributed by atoms with Gasteiger partial charge in [0.2, 0.25) is 0 Å². The van der Waals surface area contributed by atoms with Crippen molar-refractivity contribution in [2.75, 3.05) is 12.4 Å². The van der Waals surface area contributed by atoms with Crippen LogP contribution in [0.3, 0.4) is 0 Å². The zero-order chi connectivity index (χ0) is 23.0. The maximum Gasteiger partial charge on any atom is 0.490 e. The van der Waals surface area contributed by atoms with Crippen LogP contribution < -0.4 is 15.8 Å². The van der Waals surface area contributed by atoms with Gasteiger partial charge in [0.15, 0.2) is 0 Å². The summed E-state index contributed by atoms with van der Waals surface area (Å²) in [5.74, 6) is -3.37. The highest BCUT2D eigenvalue weighted by Crippen LogP contribution is 2.16. The number of carboxylic acids is 1. The summed E-state index contributed by atoms with van der Waals surface area (Å²) in [5, 5.41) is 23.1. The highest BCUT2D eigenvalue weighted by atomic mass is 19.4. The lowest BCUT2D eigenvalue weighted by molar-refractivity contribution is -0.192. The minimum atomic E-state index is -5.08. The zero-order valence-corrected chi connectivity index (χ0v) is 15.9. The first-order chi connectivity index (χ1) is 14.6. The molecule has 1 aromatic heterocycles. The second-order valence-corrected chi connectivity index (χ2v) is 5.77. The molecule has 0 radical (unpaired) electrons. The number of nitrogens with zero attached hydrogens (tertiary/aromatic N) is 3. The molecule has 1 heterocycles. The highest BCUT2D eigenvalue weighted by molar-refractivity contribution is 5.73. The molecule has 0 aliphatic heterocycles. The highest BCUT2D eigenvalue weighted by Gasteiger charge is 2.38. The fraction of sp³-hybridized carbons (Fsp3) is 0.158. The molecule has 0 bridgehead atoms. The number of rotatable bonds is 5. The summed E-state index contributed by atoms with van der Waals surface area (Å²) >= 11 is 0. The van der Waals surface area contributed by atoms with Crippen molar-refractivity contribution in [1.29, 1.82) is 5.26 Å². The van der Waals surface area contributed by atoms with E-state index in [2.05, 4.69) is 16.5 Å². The molecule has 31 heavy (non-hydrogen) atoms. The van der Waals surface area contributed by atoms with Crippen LogP contribution in [-0.2, 0) is 11.3 Å². The third-order valence-corrected chi connectivity index (χ3v) is 3.62. The van der Waals surface area contributed by atoms with Crippen LogP contribution in [-0.4, -0.2) is 34.1 Å². The summed E-state index contributed by atoms with van der Waals surface area (Å²) in [6.07, 6.45) is -5.17. The molecule has 0 saturated heterocycles. The third kappa shape index (κ3) is 6.64. The van der Waals surface area contributed by atoms with E-state index in [1.165, 1.54) is 7.11 Å². The average molecular weight is 436 g/mol. The lowest BCUT2D eigenvalue weighted by atomic mass is 10.1. The SMILES string of the molecule is COc1nn(-c2cccc(NCc3ccc(C#N)cc3)c2)c(=O)o1.O=C(O)C(F)(F)F. The summed E-state index contributed by atoms with van der Waals surface area (Å²) in [4.78, 5) is 20.7. The maximum atomic E-state index is 11.8. The third-order valence-electron chi connectivity index (χ3n) is 3.62. The molecule has 2 aromatic carbocycles. The van der Waals surface area contributed by atoms with Crippen molar-refractivity contribution in [1.82, 2.24) is 9.78 Å². The van der Waals surface area contributed by atoms with Crippen LogP contribution in [0.5, 0.6) is 6.08 Å². The van der Waals surface area contributed by atoms with Gasteiger partial charge in [0.05, 0.1) is 24.4 Å². The van der Waals surface area contributed by atoms with Gasteiger partial charge in [-0.25, -0.2) is 9.59 Å². The summed E-state index contributed by atoms with van der Waals surface area (Å²) in [5.41, 5.74) is 3.06. The van der Waals surface area contributed by atoms with Gasteiger partial charge in [0.1, 0.15) is 0 Å². The van der Waals surface area contributed by atoms with Gasteiger partial charge in [-0.15, -0.1) is 0 Å². The summed E-state index contributed by atoms with van der Waals surface area (Å²) in [7, 11) is 1.38. The Morgan fingerprint density at radius 1 is 1.29 bits per heavy atom. The number of carbonyl (C=O) groups is 1. The van der Waals surface area contributed by atoms with Crippen molar-refractivity contribution in [3.8, 4) is 17.8 Å². The van der Waals surface area contributed by atoms with Gasteiger partial charge in [-0.3, -0.25) is 0 Å². The van der Waals surface area contributed by atoms with Gasteiger partial charge in [-0.05, 0) is 35.9 Å². The number of methoxy groups -OCH3 is 1. The van der Waals surface area contributed by atoms with Gasteiger partial charge < -0.3 is 19.6 Å². The Labute approximate surface area is 172 Å². The first-order valence-electron chi connectivity index (χ1n) is 8.41. The summed E-state index contributed by atoms with van der Waals surface area (Å²) in [6.45, 7) is 0.589. The second kappa shape index (κ2) is 9.97. The number of alkyl halides is 3. The monoisotopic (exact) mass is 436 g/mol. The number of hydrogen-bond donors (Lipinski definition) is 2. The normalized spacial score (nSPS) is 10.4. The van der Waals surface area contributed by atoms with Crippen molar-refractivity contribution in [3.05, 3.63) is 70.2 Å². The van der Waals surface area contributed by atoms with Crippen LogP contribution in [0.1, 0.15) is 11.1 Å². The topological polar surface area (TPSA) is 130 Å². The van der Waals surface area contributed by atoms with Crippen LogP contribution in [0.4, 0.5) is 18.9 Å². The van der Waals surface area contributed by atoms with Crippen LogP contribution in [0.2, 0.25) is 0 Å². The molecule has 9 nitrogen and oxygen atoms in total. The molecule has 0 amide bonds. The fourth-order valence-corrected chi connectivity index (χ4v) is 2.16. The number of carboxylic acid groups (broad SMARTS) is 1. The Bertz CT molecular complexity index is 1130. The summed E-state index contributed by atoms with van der Waals surface area (Å²) < 4.78 is 42.5. The van der Waals surface area contributed by atoms with Crippen molar-refractivity contribution in [2.45, 2.75) is 12.7 Å². The van der Waals surface area contributed by atoms with Gasteiger partial charge in [0.25, 0.3) is 0 Å². The predicted molar refractivity (Wildman–Crippen MR) is 101 cm³/mol. The van der Waals surface area contributed by atoms with E-state index in [1.54, 1.807) is 24.3 Å². The van der Waals surface area contributed by atoms with Crippen molar-refractivity contribution in [3.63, 3.8) is 0 Å². The summed E-state index contributed by atoms with van der Waals surface area (Å²) in [6, 6.07) is 16.6. The number of aromatic nitrogens is 2. The lowest BCUT2D eigenvalue weighted by Gasteiger charge is -2.08. The van der Waals surface area contributed by atoms with E-state index in [0.29, 0.717) is 17.8 Å². The molecule has 0 fully saturated rings. The number of nitrogens with one attached hydrogen (secondary N) is 1. The fourth-order valence-electron chi connectivity index (χ4n) is 2.16. The number of halogens is 3. The van der Waals surface area contributed by atoms with Gasteiger partial charge in [-0.2, -0.15) is 23.1 Å². The standard InChI is InChI=1S/C17H14N4O3.C2HF3O2/c1-23-16-20-21(17(22)24-16)15-4-2-3-14(9-15)19-11-13-7-5-12(10-18)6-8-13;3-2(4,5)1(6)7/h2-9,19H,11H2,1H3;(H,6,7). The van der Waals surface area contributed by atoms with E-state index >= 15 is 0 Å². The van der Waals surface area contributed by atoms with E-state index in [-0.39, 0.29) is 6.08 Å². The van der Waals surface area contributed by atoms with Crippen molar-refractivity contribution >= 4 is 11.7 Å². The molecule has 162 valence electrons. The lowest BCUT2D eigenvalue weighted by Crippen LogP contribution is -2.21. The van der Waals surface area contributed by atoms with E-state index in [4.69, 9.17) is 24.3 Å². The predicted octanol–water partition coefficient (Wildman–Crippen LogP) is 2.95. The Morgan fingerprint density at radius 3 is 2.45 bits per heavy atom. The molecule has 0 unspecified atom stereocenters. The Balaban J connectivity index is 0.000000423. The number of hydrogen-bond acceptors (Lipinski definition) is 7. The zero-order valence-electron chi connectivity index (χ0n) is 15.9. The number of anilines is 1. The maximum absolute atomic E-state index is 11.8. The Morgan fingerprint density at radius 2 is 1.94 bits per heavy atom. The molecular weight excluding hydrogens is 421 g/mol. The second-order valence-electron chi connectivity index (χ2n) is 5.77. The largest absolute Gasteiger partial charge is 0.490 e. The van der Waals surface area contributed by atoms with E-state index in [9.17, 15) is 18.0 Å². The number of nitriles is 1.